The maximum Gasteiger partial charge on any atom is 0.294 e. The van der Waals surface area contributed by atoms with Crippen molar-refractivity contribution in [3.8, 4) is 5.75 Å². The molecule has 0 heterocycles. The first-order valence-electron chi connectivity index (χ1n) is 15.2. The minimum atomic E-state index is -4.36. The second-order valence-corrected chi connectivity index (χ2v) is 14.4. The predicted molar refractivity (Wildman–Crippen MR) is 160 cm³/mol. The van der Waals surface area contributed by atoms with E-state index in [0.29, 0.717) is 36.0 Å². The van der Waals surface area contributed by atoms with Gasteiger partial charge in [-0.2, -0.15) is 8.42 Å². The second-order valence-electron chi connectivity index (χ2n) is 12.0. The Morgan fingerprint density at radius 3 is 2.08 bits per heavy atom. The van der Waals surface area contributed by atoms with Crippen molar-refractivity contribution in [2.45, 2.75) is 118 Å². The zero-order valence-electron chi connectivity index (χ0n) is 23.2. The molecule has 1 atom stereocenters. The molecule has 2 fully saturated rings. The predicted octanol–water partition coefficient (Wildman–Crippen LogP) is 8.55. The molecular weight excluding hydrogens is 540 g/mol. The van der Waals surface area contributed by atoms with Crippen LogP contribution in [0.15, 0.2) is 52.3 Å². The van der Waals surface area contributed by atoms with Crippen LogP contribution in [0.25, 0.3) is 10.8 Å². The van der Waals surface area contributed by atoms with Crippen molar-refractivity contribution in [2.75, 3.05) is 0 Å². The van der Waals surface area contributed by atoms with Crippen molar-refractivity contribution in [1.82, 2.24) is 0 Å². The smallest absolute Gasteiger partial charge is 0.294 e. The van der Waals surface area contributed by atoms with Crippen LogP contribution in [-0.4, -0.2) is 17.2 Å². The molecule has 0 spiro atoms. The molecule has 3 aromatic rings. The zero-order valence-corrected chi connectivity index (χ0v) is 24.8. The van der Waals surface area contributed by atoms with Crippen molar-refractivity contribution >= 4 is 32.0 Å². The Balaban J connectivity index is 1.51. The maximum atomic E-state index is 14.6. The van der Waals surface area contributed by atoms with Crippen LogP contribution in [0.4, 0.5) is 0 Å². The van der Waals surface area contributed by atoms with E-state index in [1.165, 1.54) is 66.5 Å². The van der Waals surface area contributed by atoms with Gasteiger partial charge in [0.05, 0.1) is 9.79 Å². The van der Waals surface area contributed by atoms with Crippen LogP contribution in [0.2, 0.25) is 0 Å². The van der Waals surface area contributed by atoms with Gasteiger partial charge in [-0.25, -0.2) is 4.21 Å². The van der Waals surface area contributed by atoms with Crippen LogP contribution in [-0.2, 0) is 34.0 Å². The summed E-state index contributed by atoms with van der Waals surface area (Å²) < 4.78 is 55.3. The fraction of sp³-hybridized carbons (Fsp3) is 0.515. The highest BCUT2D eigenvalue weighted by Gasteiger charge is 2.32. The summed E-state index contributed by atoms with van der Waals surface area (Å²) in [7, 11) is -4.36. The molecule has 1 N–H and O–H groups in total. The molecule has 2 saturated carbocycles. The largest absolute Gasteiger partial charge is 0.397 e. The maximum absolute atomic E-state index is 14.6. The lowest BCUT2D eigenvalue weighted by atomic mass is 9.78. The third kappa shape index (κ3) is 5.62. The summed E-state index contributed by atoms with van der Waals surface area (Å²) in [5.41, 5.74) is 3.78. The summed E-state index contributed by atoms with van der Waals surface area (Å²) in [4.78, 5) is 0.817. The van der Waals surface area contributed by atoms with Gasteiger partial charge in [0.15, 0.2) is 0 Å². The number of benzene rings is 3. The molecule has 0 bridgehead atoms. The Morgan fingerprint density at radius 1 is 0.750 bits per heavy atom. The van der Waals surface area contributed by atoms with Crippen LogP contribution in [0.5, 0.6) is 5.75 Å². The van der Waals surface area contributed by atoms with Crippen LogP contribution < -0.4 is 4.18 Å². The molecule has 5 nitrogen and oxygen atoms in total. The average molecular weight is 581 g/mol. The molecule has 7 heteroatoms. The van der Waals surface area contributed by atoms with Gasteiger partial charge in [-0.15, -0.1) is 0 Å². The summed E-state index contributed by atoms with van der Waals surface area (Å²) in [5.74, 6) is 1.20. The molecule has 0 aromatic heterocycles. The second kappa shape index (κ2) is 11.9. The number of hydrogen-bond acceptors (Lipinski definition) is 4. The van der Waals surface area contributed by atoms with Crippen LogP contribution >= 0.6 is 0 Å². The lowest BCUT2D eigenvalue weighted by Crippen LogP contribution is -2.17. The van der Waals surface area contributed by atoms with E-state index >= 15 is 0 Å². The van der Waals surface area contributed by atoms with Crippen LogP contribution in [0.3, 0.4) is 0 Å². The first kappa shape index (κ1) is 27.9. The summed E-state index contributed by atoms with van der Waals surface area (Å²) in [5, 5.41) is 2.40. The first-order chi connectivity index (χ1) is 19.4. The molecule has 1 unspecified atom stereocenters. The summed E-state index contributed by atoms with van der Waals surface area (Å²) in [6, 6.07) is 13.8. The van der Waals surface area contributed by atoms with E-state index in [-0.39, 0.29) is 4.90 Å². The molecule has 0 saturated heterocycles. The normalized spacial score (nSPS) is 20.1. The molecule has 214 valence electrons. The summed E-state index contributed by atoms with van der Waals surface area (Å²) in [6.45, 7) is 0. The van der Waals surface area contributed by atoms with Crippen LogP contribution in [0.1, 0.15) is 118 Å². The van der Waals surface area contributed by atoms with Crippen molar-refractivity contribution in [2.24, 2.45) is 0 Å². The lowest BCUT2D eigenvalue weighted by molar-refractivity contribution is 0.426. The quantitative estimate of drug-likeness (QED) is 0.233. The molecular formula is C33H40O5S2. The molecule has 6 rings (SSSR count). The number of hydrogen-bond donors (Lipinski definition) is 1. The highest BCUT2D eigenvalue weighted by molar-refractivity contribution is 7.86. The minimum Gasteiger partial charge on any atom is -0.397 e. The Hall–Kier alpha value is -2.22. The van der Waals surface area contributed by atoms with Gasteiger partial charge in [0, 0.05) is 5.56 Å². The zero-order chi connectivity index (χ0) is 27.7. The van der Waals surface area contributed by atoms with Crippen molar-refractivity contribution in [3.63, 3.8) is 0 Å². The lowest BCUT2D eigenvalue weighted by Gasteiger charge is -2.30. The van der Waals surface area contributed by atoms with Crippen molar-refractivity contribution in [1.29, 1.82) is 0 Å². The highest BCUT2D eigenvalue weighted by Crippen LogP contribution is 2.46. The van der Waals surface area contributed by atoms with E-state index in [1.807, 2.05) is 0 Å². The van der Waals surface area contributed by atoms with Gasteiger partial charge in [-0.3, -0.25) is 4.55 Å². The Kier molecular flexibility index (Phi) is 8.34. The standard InChI is InChI=1S/C33H40O5S2/c34-39(38-30-20-21-31(40(35,36)37)28-19-9-3-8-18-27(28)30)33-29(23-12-4-1-5-13-23)22-25-16-10-11-17-26(25)32(33)24-14-6-2-7-15-24/h10-11,16-17,20-24H,1-9,12-15,18-19H2,(H,35,36,37). The van der Waals surface area contributed by atoms with E-state index in [4.69, 9.17) is 4.18 Å². The van der Waals surface area contributed by atoms with E-state index in [0.717, 1.165) is 55.4 Å². The van der Waals surface area contributed by atoms with E-state index in [2.05, 4.69) is 30.3 Å². The Labute approximate surface area is 241 Å². The van der Waals surface area contributed by atoms with Gasteiger partial charge in [0.1, 0.15) is 5.75 Å². The van der Waals surface area contributed by atoms with Gasteiger partial charge >= 0.3 is 0 Å². The third-order valence-electron chi connectivity index (χ3n) is 9.44. The average Bonchev–Trinajstić information content (AvgIpc) is 3.23. The highest BCUT2D eigenvalue weighted by atomic mass is 32.2. The van der Waals surface area contributed by atoms with Gasteiger partial charge in [-0.1, -0.05) is 69.2 Å². The van der Waals surface area contributed by atoms with E-state index in [1.54, 1.807) is 6.07 Å². The summed E-state index contributed by atoms with van der Waals surface area (Å²) in [6.07, 6.45) is 15.6. The topological polar surface area (TPSA) is 80.7 Å². The molecule has 3 aromatic carbocycles. The molecule has 0 radical (unpaired) electrons. The van der Waals surface area contributed by atoms with Crippen molar-refractivity contribution < 1.29 is 21.4 Å². The molecule has 3 aliphatic rings. The summed E-state index contributed by atoms with van der Waals surface area (Å²) >= 11 is -1.76. The fourth-order valence-electron chi connectivity index (χ4n) is 7.50. The molecule has 0 amide bonds. The third-order valence-corrected chi connectivity index (χ3v) is 11.5. The van der Waals surface area contributed by atoms with E-state index in [9.17, 15) is 17.2 Å². The van der Waals surface area contributed by atoms with Crippen LogP contribution in [0, 0.1) is 0 Å². The molecule has 3 aliphatic carbocycles. The van der Waals surface area contributed by atoms with Crippen molar-refractivity contribution in [3.05, 3.63) is 64.7 Å². The van der Waals surface area contributed by atoms with E-state index < -0.39 is 21.2 Å². The Morgan fingerprint density at radius 2 is 1.38 bits per heavy atom. The monoisotopic (exact) mass is 580 g/mol. The minimum absolute atomic E-state index is 0.0426. The first-order valence-corrected chi connectivity index (χ1v) is 17.7. The van der Waals surface area contributed by atoms with Gasteiger partial charge in [0.2, 0.25) is 11.1 Å². The number of fused-ring (bicyclic) bond motifs is 2. The number of rotatable bonds is 6. The fourth-order valence-corrected chi connectivity index (χ4v) is 9.55. The SMILES string of the molecule is O=S(Oc1ccc(S(=O)(=O)O)c2c1CCCCC2)c1c(C2CCCCC2)cc2ccccc2c1C1CCCCC1. The molecule has 0 aliphatic heterocycles. The van der Waals surface area contributed by atoms with Gasteiger partial charge < -0.3 is 4.18 Å². The molecule has 40 heavy (non-hydrogen) atoms. The van der Waals surface area contributed by atoms with Gasteiger partial charge in [0.25, 0.3) is 10.1 Å². The van der Waals surface area contributed by atoms with Gasteiger partial charge in [-0.05, 0) is 109 Å². The Bertz CT molecular complexity index is 1520.